The van der Waals surface area contributed by atoms with Gasteiger partial charge in [-0.25, -0.2) is 0 Å². The van der Waals surface area contributed by atoms with E-state index in [1.54, 1.807) is 0 Å². The number of hydrogen-bond donors (Lipinski definition) is 0. The van der Waals surface area contributed by atoms with Crippen LogP contribution >= 0.6 is 24.0 Å². The van der Waals surface area contributed by atoms with Crippen LogP contribution in [0.3, 0.4) is 0 Å². The molecular formula is C13H21IN+. The van der Waals surface area contributed by atoms with Crippen LogP contribution in [0.5, 0.6) is 0 Å². The zero-order chi connectivity index (χ0) is 10.4. The first kappa shape index (κ1) is 14.6. The summed E-state index contributed by atoms with van der Waals surface area (Å²) in [7, 11) is 6.58. The number of hydrogen-bond acceptors (Lipinski definition) is 0. The van der Waals surface area contributed by atoms with Gasteiger partial charge in [0.1, 0.15) is 0 Å². The smallest absolute Gasteiger partial charge is 0.0970 e. The molecule has 0 aromatic carbocycles. The fraction of sp³-hybridized carbons (Fsp3) is 0.385. The van der Waals surface area contributed by atoms with E-state index in [0.717, 1.165) is 17.4 Å². The molecule has 84 valence electrons. The van der Waals surface area contributed by atoms with Gasteiger partial charge in [0, 0.05) is 0 Å². The van der Waals surface area contributed by atoms with E-state index in [-0.39, 0.29) is 24.0 Å². The molecule has 0 amide bonds. The highest BCUT2D eigenvalue weighted by molar-refractivity contribution is 14.0. The minimum atomic E-state index is 0. The fourth-order valence-electron chi connectivity index (χ4n) is 1.21. The molecule has 0 spiro atoms. The van der Waals surface area contributed by atoms with Gasteiger partial charge in [0.05, 0.1) is 27.7 Å². The Labute approximate surface area is 110 Å². The summed E-state index contributed by atoms with van der Waals surface area (Å²) in [6.45, 7) is 1.07. The molecule has 0 radical (unpaired) electrons. The van der Waals surface area contributed by atoms with Crippen molar-refractivity contribution in [3.63, 3.8) is 0 Å². The third-order valence-corrected chi connectivity index (χ3v) is 1.97. The van der Waals surface area contributed by atoms with Gasteiger partial charge in [0.15, 0.2) is 0 Å². The van der Waals surface area contributed by atoms with Gasteiger partial charge in [-0.05, 0) is 18.1 Å². The predicted octanol–water partition coefficient (Wildman–Crippen LogP) is 3.31. The molecule has 1 rings (SSSR count). The molecule has 0 atom stereocenters. The summed E-state index contributed by atoms with van der Waals surface area (Å²) in [4.78, 5) is 0. The first-order valence-electron chi connectivity index (χ1n) is 5.08. The minimum absolute atomic E-state index is 0. The molecule has 0 aromatic rings. The molecule has 0 fully saturated rings. The third kappa shape index (κ3) is 7.56. The average molecular weight is 318 g/mol. The summed E-state index contributed by atoms with van der Waals surface area (Å²) in [6.07, 6.45) is 16.3. The highest BCUT2D eigenvalue weighted by Crippen LogP contribution is 2.07. The summed E-state index contributed by atoms with van der Waals surface area (Å²) in [5, 5.41) is 0. The number of halogens is 1. The fourth-order valence-corrected chi connectivity index (χ4v) is 1.21. The Kier molecular flexibility index (Phi) is 6.85. The van der Waals surface area contributed by atoms with Crippen LogP contribution in [0.15, 0.2) is 48.1 Å². The average Bonchev–Trinajstić information content (AvgIpc) is 2.13. The Balaban J connectivity index is 0.00000196. The van der Waals surface area contributed by atoms with Crippen LogP contribution < -0.4 is 0 Å². The lowest BCUT2D eigenvalue weighted by atomic mass is 10.1. The van der Waals surface area contributed by atoms with Crippen LogP contribution in [0, 0.1) is 0 Å². The summed E-state index contributed by atoms with van der Waals surface area (Å²) < 4.78 is 0.978. The molecule has 0 aliphatic heterocycles. The number of rotatable bonds is 3. The quantitative estimate of drug-likeness (QED) is 0.553. The SMILES string of the molecule is C[N+](C)(C)C/C=C/C=C1C=CCC=C1.I. The molecule has 0 saturated carbocycles. The van der Waals surface area contributed by atoms with Gasteiger partial charge in [-0.2, -0.15) is 0 Å². The standard InChI is InChI=1S/C13H20N.HI/c1-14(2,3)12-8-7-11-13-9-5-4-6-10-13;/h5-11H,4,12H2,1-3H3;1H/q+1;/b8-7+;. The predicted molar refractivity (Wildman–Crippen MR) is 78.4 cm³/mol. The van der Waals surface area contributed by atoms with Crippen molar-refractivity contribution >= 4 is 24.0 Å². The zero-order valence-corrected chi connectivity index (χ0v) is 12.1. The summed E-state index contributed by atoms with van der Waals surface area (Å²) in [6, 6.07) is 0. The molecule has 2 heteroatoms. The molecule has 1 aliphatic carbocycles. The van der Waals surface area contributed by atoms with Crippen LogP contribution in [0.25, 0.3) is 0 Å². The molecule has 0 aromatic heterocycles. The summed E-state index contributed by atoms with van der Waals surface area (Å²) in [5.41, 5.74) is 1.29. The van der Waals surface area contributed by atoms with E-state index in [1.165, 1.54) is 5.57 Å². The molecule has 0 unspecified atom stereocenters. The zero-order valence-electron chi connectivity index (χ0n) is 9.81. The van der Waals surface area contributed by atoms with Crippen LogP contribution in [-0.4, -0.2) is 32.2 Å². The molecule has 1 aliphatic rings. The van der Waals surface area contributed by atoms with E-state index in [1.807, 2.05) is 0 Å². The van der Waals surface area contributed by atoms with E-state index in [2.05, 4.69) is 63.7 Å². The van der Waals surface area contributed by atoms with Crippen LogP contribution in [-0.2, 0) is 0 Å². The maximum Gasteiger partial charge on any atom is 0.0970 e. The Morgan fingerprint density at radius 3 is 2.33 bits per heavy atom. The molecule has 0 saturated heterocycles. The van der Waals surface area contributed by atoms with Crippen molar-refractivity contribution < 1.29 is 4.48 Å². The monoisotopic (exact) mass is 318 g/mol. The van der Waals surface area contributed by atoms with E-state index >= 15 is 0 Å². The maximum atomic E-state index is 2.21. The van der Waals surface area contributed by atoms with Crippen LogP contribution in [0.4, 0.5) is 0 Å². The van der Waals surface area contributed by atoms with Gasteiger partial charge in [-0.3, -0.25) is 0 Å². The second kappa shape index (κ2) is 7.01. The van der Waals surface area contributed by atoms with E-state index < -0.39 is 0 Å². The molecule has 15 heavy (non-hydrogen) atoms. The highest BCUT2D eigenvalue weighted by Gasteiger charge is 2.00. The first-order valence-corrected chi connectivity index (χ1v) is 5.08. The Morgan fingerprint density at radius 1 is 1.20 bits per heavy atom. The van der Waals surface area contributed by atoms with E-state index in [4.69, 9.17) is 0 Å². The summed E-state index contributed by atoms with van der Waals surface area (Å²) >= 11 is 0. The number of quaternary nitrogens is 1. The van der Waals surface area contributed by atoms with Crippen molar-refractivity contribution in [2.75, 3.05) is 27.7 Å². The van der Waals surface area contributed by atoms with Crippen molar-refractivity contribution in [3.05, 3.63) is 48.1 Å². The van der Waals surface area contributed by atoms with Gasteiger partial charge in [-0.15, -0.1) is 24.0 Å². The molecular weight excluding hydrogens is 297 g/mol. The highest BCUT2D eigenvalue weighted by atomic mass is 127. The normalized spacial score (nSPS) is 15.5. The number of likely N-dealkylation sites (N-methyl/N-ethyl adjacent to an activating group) is 1. The minimum Gasteiger partial charge on any atom is -0.328 e. The maximum absolute atomic E-state index is 2.21. The van der Waals surface area contributed by atoms with Crippen molar-refractivity contribution in [1.82, 2.24) is 0 Å². The second-order valence-electron chi connectivity index (χ2n) is 4.61. The molecule has 1 nitrogen and oxygen atoms in total. The number of nitrogens with zero attached hydrogens (tertiary/aromatic N) is 1. The largest absolute Gasteiger partial charge is 0.328 e. The molecule has 0 bridgehead atoms. The van der Waals surface area contributed by atoms with E-state index in [0.29, 0.717) is 0 Å². The summed E-state index contributed by atoms with van der Waals surface area (Å²) in [5.74, 6) is 0. The van der Waals surface area contributed by atoms with Crippen molar-refractivity contribution in [3.8, 4) is 0 Å². The van der Waals surface area contributed by atoms with Crippen LogP contribution in [0.2, 0.25) is 0 Å². The van der Waals surface area contributed by atoms with Crippen molar-refractivity contribution in [2.24, 2.45) is 0 Å². The van der Waals surface area contributed by atoms with Gasteiger partial charge in [0.2, 0.25) is 0 Å². The number of allylic oxidation sites excluding steroid dienone is 7. The Morgan fingerprint density at radius 2 is 1.80 bits per heavy atom. The lowest BCUT2D eigenvalue weighted by Crippen LogP contribution is -2.34. The lowest BCUT2D eigenvalue weighted by Gasteiger charge is -2.21. The van der Waals surface area contributed by atoms with Gasteiger partial charge in [0.25, 0.3) is 0 Å². The second-order valence-corrected chi connectivity index (χ2v) is 4.61. The Bertz CT molecular complexity index is 276. The van der Waals surface area contributed by atoms with Gasteiger partial charge >= 0.3 is 0 Å². The molecule has 0 heterocycles. The Hall–Kier alpha value is -0.350. The van der Waals surface area contributed by atoms with Gasteiger partial charge < -0.3 is 4.48 Å². The first-order chi connectivity index (χ1) is 6.58. The van der Waals surface area contributed by atoms with Crippen LogP contribution in [0.1, 0.15) is 6.42 Å². The van der Waals surface area contributed by atoms with Gasteiger partial charge in [-0.1, -0.05) is 36.5 Å². The topological polar surface area (TPSA) is 0 Å². The molecule has 0 N–H and O–H groups in total. The lowest BCUT2D eigenvalue weighted by molar-refractivity contribution is -0.864. The van der Waals surface area contributed by atoms with E-state index in [9.17, 15) is 0 Å². The van der Waals surface area contributed by atoms with Crippen molar-refractivity contribution in [1.29, 1.82) is 0 Å². The third-order valence-electron chi connectivity index (χ3n) is 1.97. The van der Waals surface area contributed by atoms with Crippen molar-refractivity contribution in [2.45, 2.75) is 6.42 Å².